The third-order valence-electron chi connectivity index (χ3n) is 4.21. The minimum absolute atomic E-state index is 0.676. The van der Waals surface area contributed by atoms with Crippen LogP contribution in [0.25, 0.3) is 0 Å². The Morgan fingerprint density at radius 1 is 1.16 bits per heavy atom. The van der Waals surface area contributed by atoms with Gasteiger partial charge in [0.05, 0.1) is 17.9 Å². The molecule has 3 heterocycles. The largest absolute Gasteiger partial charge is 0.351 e. The minimum atomic E-state index is 0.676. The van der Waals surface area contributed by atoms with E-state index in [0.29, 0.717) is 6.04 Å². The summed E-state index contributed by atoms with van der Waals surface area (Å²) in [5.74, 6) is 1.04. The van der Waals surface area contributed by atoms with Crippen molar-refractivity contribution in [2.45, 2.75) is 19.0 Å². The van der Waals surface area contributed by atoms with Crippen molar-refractivity contribution in [1.82, 2.24) is 13.6 Å². The molecule has 2 aliphatic heterocycles. The van der Waals surface area contributed by atoms with Gasteiger partial charge in [0.1, 0.15) is 0 Å². The number of hydrogen-bond donors (Lipinski definition) is 0. The molecule has 0 N–H and O–H groups in total. The van der Waals surface area contributed by atoms with E-state index in [1.54, 1.807) is 0 Å². The zero-order chi connectivity index (χ0) is 12.7. The van der Waals surface area contributed by atoms with Crippen LogP contribution in [0.3, 0.4) is 0 Å². The van der Waals surface area contributed by atoms with Gasteiger partial charge in [0.15, 0.2) is 5.82 Å². The van der Waals surface area contributed by atoms with E-state index in [0.717, 1.165) is 25.5 Å². The highest BCUT2D eigenvalue weighted by Crippen LogP contribution is 2.26. The zero-order valence-corrected chi connectivity index (χ0v) is 11.5. The predicted octanol–water partition coefficient (Wildman–Crippen LogP) is 1.78. The highest BCUT2D eigenvalue weighted by Gasteiger charge is 2.34. The fourth-order valence-corrected chi connectivity index (χ4v) is 3.44. The van der Waals surface area contributed by atoms with Gasteiger partial charge in [0.25, 0.3) is 0 Å². The predicted molar refractivity (Wildman–Crippen MR) is 76.5 cm³/mol. The van der Waals surface area contributed by atoms with E-state index in [1.807, 2.05) is 6.20 Å². The van der Waals surface area contributed by atoms with Crippen molar-refractivity contribution in [3.8, 4) is 0 Å². The van der Waals surface area contributed by atoms with E-state index >= 15 is 0 Å². The number of benzene rings is 1. The molecule has 1 aromatic heterocycles. The molecule has 0 aliphatic carbocycles. The lowest BCUT2D eigenvalue weighted by Crippen LogP contribution is -2.60. The standard InChI is InChI=1S/C14H16N4S/c1-2-4-12-8-17(6-5-11(12)3-1)13-9-18(10-13)14-7-15-19-16-14/h1-4,7,13H,5-6,8-10H2. The highest BCUT2D eigenvalue weighted by atomic mass is 32.1. The van der Waals surface area contributed by atoms with Gasteiger partial charge >= 0.3 is 0 Å². The van der Waals surface area contributed by atoms with Crippen molar-refractivity contribution in [3.05, 3.63) is 41.6 Å². The quantitative estimate of drug-likeness (QED) is 0.834. The van der Waals surface area contributed by atoms with Crippen molar-refractivity contribution >= 4 is 17.5 Å². The van der Waals surface area contributed by atoms with E-state index in [9.17, 15) is 0 Å². The molecule has 0 saturated carbocycles. The van der Waals surface area contributed by atoms with Crippen LogP contribution in [0.1, 0.15) is 11.1 Å². The van der Waals surface area contributed by atoms with Gasteiger partial charge < -0.3 is 4.90 Å². The lowest BCUT2D eigenvalue weighted by atomic mass is 9.96. The van der Waals surface area contributed by atoms with Crippen molar-refractivity contribution in [3.63, 3.8) is 0 Å². The summed E-state index contributed by atoms with van der Waals surface area (Å²) in [4.78, 5) is 4.92. The summed E-state index contributed by atoms with van der Waals surface area (Å²) in [7, 11) is 0. The first-order valence-corrected chi connectivity index (χ1v) is 7.46. The highest BCUT2D eigenvalue weighted by molar-refractivity contribution is 6.99. The van der Waals surface area contributed by atoms with Crippen molar-refractivity contribution in [1.29, 1.82) is 0 Å². The molecular formula is C14H16N4S. The lowest BCUT2D eigenvalue weighted by Gasteiger charge is -2.47. The van der Waals surface area contributed by atoms with Gasteiger partial charge in [-0.05, 0) is 17.5 Å². The van der Waals surface area contributed by atoms with Crippen LogP contribution >= 0.6 is 11.7 Å². The molecule has 0 atom stereocenters. The molecule has 2 aliphatic rings. The molecule has 4 nitrogen and oxygen atoms in total. The van der Waals surface area contributed by atoms with Crippen LogP contribution in [0.5, 0.6) is 0 Å². The van der Waals surface area contributed by atoms with Crippen molar-refractivity contribution in [2.75, 3.05) is 24.5 Å². The molecule has 2 aromatic rings. The number of aromatic nitrogens is 2. The summed E-state index contributed by atoms with van der Waals surface area (Å²) >= 11 is 1.29. The van der Waals surface area contributed by atoms with E-state index < -0.39 is 0 Å². The maximum atomic E-state index is 4.29. The zero-order valence-electron chi connectivity index (χ0n) is 10.7. The van der Waals surface area contributed by atoms with Crippen molar-refractivity contribution < 1.29 is 0 Å². The number of nitrogens with zero attached hydrogens (tertiary/aromatic N) is 4. The Bertz CT molecular complexity index is 563. The SMILES string of the molecule is c1ccc2c(c1)CCN(C1CN(c3cnsn3)C1)C2. The topological polar surface area (TPSA) is 32.3 Å². The number of fused-ring (bicyclic) bond motifs is 1. The summed E-state index contributed by atoms with van der Waals surface area (Å²) in [6, 6.07) is 9.50. The molecule has 98 valence electrons. The van der Waals surface area contributed by atoms with Crippen LogP contribution < -0.4 is 4.90 Å². The number of anilines is 1. The number of hydrogen-bond acceptors (Lipinski definition) is 5. The maximum Gasteiger partial charge on any atom is 0.162 e. The van der Waals surface area contributed by atoms with Gasteiger partial charge in [-0.3, -0.25) is 4.90 Å². The van der Waals surface area contributed by atoms with Crippen LogP contribution in [0.15, 0.2) is 30.5 Å². The summed E-state index contributed by atoms with van der Waals surface area (Å²) in [5, 5.41) is 0. The molecule has 1 saturated heterocycles. The Morgan fingerprint density at radius 2 is 2.00 bits per heavy atom. The van der Waals surface area contributed by atoms with Crippen LogP contribution in [0.4, 0.5) is 5.82 Å². The summed E-state index contributed by atoms with van der Waals surface area (Å²) in [5.41, 5.74) is 3.03. The Morgan fingerprint density at radius 3 is 2.79 bits per heavy atom. The molecule has 0 unspecified atom stereocenters. The first-order valence-electron chi connectivity index (χ1n) is 6.73. The van der Waals surface area contributed by atoms with Gasteiger partial charge in [-0.15, -0.1) is 0 Å². The molecular weight excluding hydrogens is 256 g/mol. The average Bonchev–Trinajstić information content (AvgIpc) is 2.91. The van der Waals surface area contributed by atoms with Gasteiger partial charge in [-0.25, -0.2) is 0 Å². The van der Waals surface area contributed by atoms with Crippen LogP contribution in [-0.4, -0.2) is 39.3 Å². The Labute approximate surface area is 117 Å². The molecule has 0 bridgehead atoms. The average molecular weight is 272 g/mol. The third-order valence-corrected chi connectivity index (χ3v) is 4.68. The normalized spacial score (nSPS) is 20.1. The molecule has 0 amide bonds. The van der Waals surface area contributed by atoms with Crippen LogP contribution in [0, 0.1) is 0 Å². The summed E-state index contributed by atoms with van der Waals surface area (Å²) in [6.07, 6.45) is 3.05. The maximum absolute atomic E-state index is 4.29. The fourth-order valence-electron chi connectivity index (χ4n) is 3.00. The monoisotopic (exact) mass is 272 g/mol. The first kappa shape index (κ1) is 11.4. The summed E-state index contributed by atoms with van der Waals surface area (Å²) < 4.78 is 8.36. The van der Waals surface area contributed by atoms with E-state index in [-0.39, 0.29) is 0 Å². The van der Waals surface area contributed by atoms with E-state index in [2.05, 4.69) is 42.8 Å². The molecule has 1 fully saturated rings. The second-order valence-corrected chi connectivity index (χ2v) is 5.87. The Kier molecular flexibility index (Phi) is 2.74. The molecule has 19 heavy (non-hydrogen) atoms. The smallest absolute Gasteiger partial charge is 0.162 e. The van der Waals surface area contributed by atoms with Gasteiger partial charge in [0.2, 0.25) is 0 Å². The third kappa shape index (κ3) is 2.03. The number of rotatable bonds is 2. The van der Waals surface area contributed by atoms with Gasteiger partial charge in [-0.2, -0.15) is 8.75 Å². The fraction of sp³-hybridized carbons (Fsp3) is 0.429. The van der Waals surface area contributed by atoms with Crippen LogP contribution in [0.2, 0.25) is 0 Å². The van der Waals surface area contributed by atoms with Gasteiger partial charge in [-0.1, -0.05) is 24.3 Å². The van der Waals surface area contributed by atoms with Gasteiger partial charge in [0, 0.05) is 32.2 Å². The van der Waals surface area contributed by atoms with Crippen molar-refractivity contribution in [2.24, 2.45) is 0 Å². The minimum Gasteiger partial charge on any atom is -0.351 e. The second kappa shape index (κ2) is 4.58. The summed E-state index contributed by atoms with van der Waals surface area (Å²) in [6.45, 7) is 4.47. The molecule has 0 spiro atoms. The Balaban J connectivity index is 1.41. The Hall–Kier alpha value is -1.46. The molecule has 0 radical (unpaired) electrons. The van der Waals surface area contributed by atoms with E-state index in [4.69, 9.17) is 0 Å². The first-order chi connectivity index (χ1) is 9.40. The molecule has 5 heteroatoms. The molecule has 1 aromatic carbocycles. The van der Waals surface area contributed by atoms with E-state index in [1.165, 1.54) is 35.8 Å². The van der Waals surface area contributed by atoms with Crippen LogP contribution in [-0.2, 0) is 13.0 Å². The second-order valence-electron chi connectivity index (χ2n) is 5.31. The molecule has 4 rings (SSSR count). The lowest BCUT2D eigenvalue weighted by molar-refractivity contribution is 0.150.